The maximum absolute atomic E-state index is 6.46. The molecule has 2 heterocycles. The zero-order valence-electron chi connectivity index (χ0n) is 45.8. The number of furan rings is 1. The molecule has 0 amide bonds. The van der Waals surface area contributed by atoms with E-state index in [1.54, 1.807) is 0 Å². The monoisotopic (exact) mass is 1060 g/mol. The molecule has 4 heteroatoms. The third-order valence-corrected chi connectivity index (χ3v) is 16.4. The molecule has 392 valence electrons. The maximum Gasteiger partial charge on any atom is 0.143 e. The van der Waals surface area contributed by atoms with E-state index < -0.39 is 0 Å². The van der Waals surface area contributed by atoms with E-state index >= 15 is 0 Å². The molecule has 0 saturated carbocycles. The number of rotatable bonds is 12. The van der Waals surface area contributed by atoms with Crippen LogP contribution in [0.4, 0.5) is 28.4 Å². The lowest BCUT2D eigenvalue weighted by Gasteiger charge is -2.27. The van der Waals surface area contributed by atoms with Crippen LogP contribution in [-0.2, 0) is 0 Å². The largest absolute Gasteiger partial charge is 0.455 e. The minimum atomic E-state index is 0.892. The summed E-state index contributed by atoms with van der Waals surface area (Å²) in [5, 5.41) is 12.1. The third-order valence-electron chi connectivity index (χ3n) is 16.4. The highest BCUT2D eigenvalue weighted by atomic mass is 16.3. The zero-order chi connectivity index (χ0) is 55.4. The number of anilines is 5. The van der Waals surface area contributed by atoms with Crippen LogP contribution in [0.1, 0.15) is 6.92 Å². The molecule has 4 nitrogen and oxygen atoms in total. The number of nitrogens with zero attached hydrogens (tertiary/aromatic N) is 3. The van der Waals surface area contributed by atoms with Gasteiger partial charge in [0.2, 0.25) is 0 Å². The first-order valence-electron chi connectivity index (χ1n) is 28.4. The van der Waals surface area contributed by atoms with Crippen LogP contribution in [0.2, 0.25) is 0 Å². The average molecular weight is 1060 g/mol. The Kier molecular flexibility index (Phi) is 12.2. The maximum atomic E-state index is 6.46. The molecule has 0 fully saturated rings. The zero-order valence-corrected chi connectivity index (χ0v) is 45.8. The quantitative estimate of drug-likeness (QED) is 0.0900. The van der Waals surface area contributed by atoms with E-state index in [1.165, 1.54) is 48.8 Å². The van der Waals surface area contributed by atoms with Gasteiger partial charge in [0, 0.05) is 66.9 Å². The fraction of sp³-hybridized carbons (Fsp3) is 0.0127. The molecular formula is C79H55N3O. The highest BCUT2D eigenvalue weighted by Gasteiger charge is 2.21. The van der Waals surface area contributed by atoms with Crippen LogP contribution >= 0.6 is 0 Å². The molecule has 0 spiro atoms. The van der Waals surface area contributed by atoms with E-state index in [1.807, 2.05) is 18.2 Å². The SMILES string of the molecule is C=C/C=C(\C=C/C)N(c1ccc(-c2ccc3c(c2)c2cc(N(c4ccccc4)c4ccc(-c5ccccc5)cc4)ccc2n3-c2ccc3c4ccccc4c4ccccc4c3c2)cc1)c1ccc(-c2cccc3c2oc2ccccc23)cc1. The number of aromatic nitrogens is 1. The second-order valence-corrected chi connectivity index (χ2v) is 21.2. The smallest absolute Gasteiger partial charge is 0.143 e. The standard InChI is InChI=1S/C79H55N3O/c1-3-18-58(19-4-2)80(61-43-36-56(37-44-61)65-29-17-30-72-71-28-15-16-31-78(71)83-79(65)72)60-41-34-55(35-42-60)57-38-48-76-74(50-57)75-52-63(81(59-22-9-6-10-23-59)62-39-32-54(33-40-62)53-20-7-5-8-21-53)46-49-77(75)82(76)64-45-47-70-68-26-12-11-24-66(68)67-25-13-14-27-69(67)73(70)51-64/h3-52H,1H2,2H3/b19-4-,58-18+. The van der Waals surface area contributed by atoms with Crippen LogP contribution in [0.5, 0.6) is 0 Å². The Labute approximate surface area is 482 Å². The summed E-state index contributed by atoms with van der Waals surface area (Å²) in [7, 11) is 0. The van der Waals surface area contributed by atoms with Crippen LogP contribution in [0.3, 0.4) is 0 Å². The van der Waals surface area contributed by atoms with Crippen molar-refractivity contribution in [2.24, 2.45) is 0 Å². The van der Waals surface area contributed by atoms with Gasteiger partial charge < -0.3 is 18.8 Å². The second kappa shape index (κ2) is 20.6. The van der Waals surface area contributed by atoms with Crippen molar-refractivity contribution in [3.8, 4) is 39.1 Å². The molecule has 0 aliphatic carbocycles. The van der Waals surface area contributed by atoms with Crippen LogP contribution in [0.15, 0.2) is 320 Å². The van der Waals surface area contributed by atoms with Gasteiger partial charge in [-0.15, -0.1) is 0 Å². The van der Waals surface area contributed by atoms with E-state index in [2.05, 4.69) is 313 Å². The lowest BCUT2D eigenvalue weighted by atomic mass is 9.94. The Balaban J connectivity index is 0.864. The molecule has 13 aromatic carbocycles. The van der Waals surface area contributed by atoms with Gasteiger partial charge in [-0.05, 0) is 176 Å². The minimum Gasteiger partial charge on any atom is -0.455 e. The van der Waals surface area contributed by atoms with E-state index in [0.717, 1.165) is 100 Å². The van der Waals surface area contributed by atoms with Gasteiger partial charge in [-0.2, -0.15) is 0 Å². The summed E-state index contributed by atoms with van der Waals surface area (Å²) in [6.07, 6.45) is 8.13. The molecule has 0 aliphatic rings. The first-order chi connectivity index (χ1) is 41.1. The van der Waals surface area contributed by atoms with Crippen LogP contribution in [0.25, 0.3) is 115 Å². The van der Waals surface area contributed by atoms with Gasteiger partial charge in [0.25, 0.3) is 0 Å². The molecule has 83 heavy (non-hydrogen) atoms. The molecule has 15 aromatic rings. The summed E-state index contributed by atoms with van der Waals surface area (Å²) in [5.41, 5.74) is 18.3. The molecule has 0 N–H and O–H groups in total. The second-order valence-electron chi connectivity index (χ2n) is 21.2. The lowest BCUT2D eigenvalue weighted by molar-refractivity contribution is 0.670. The van der Waals surface area contributed by atoms with Gasteiger partial charge in [-0.25, -0.2) is 0 Å². The highest BCUT2D eigenvalue weighted by molar-refractivity contribution is 6.26. The van der Waals surface area contributed by atoms with Gasteiger partial charge in [0.15, 0.2) is 0 Å². The molecule has 0 aliphatic heterocycles. The predicted molar refractivity (Wildman–Crippen MR) is 353 cm³/mol. The molecular weight excluding hydrogens is 1010 g/mol. The summed E-state index contributed by atoms with van der Waals surface area (Å²) in [6.45, 7) is 6.17. The Hall–Kier alpha value is -10.9. The van der Waals surface area contributed by atoms with Crippen molar-refractivity contribution < 1.29 is 4.42 Å². The van der Waals surface area contributed by atoms with E-state index in [-0.39, 0.29) is 0 Å². The normalized spacial score (nSPS) is 12.0. The summed E-state index contributed by atoms with van der Waals surface area (Å²) >= 11 is 0. The Morgan fingerprint density at radius 3 is 1.53 bits per heavy atom. The van der Waals surface area contributed by atoms with Crippen molar-refractivity contribution in [3.05, 3.63) is 316 Å². The van der Waals surface area contributed by atoms with Crippen molar-refractivity contribution in [2.45, 2.75) is 6.92 Å². The van der Waals surface area contributed by atoms with Gasteiger partial charge in [-0.1, -0.05) is 201 Å². The van der Waals surface area contributed by atoms with Crippen LogP contribution in [0, 0.1) is 0 Å². The first kappa shape index (κ1) is 49.1. The average Bonchev–Trinajstić information content (AvgIpc) is 4.20. The van der Waals surface area contributed by atoms with E-state index in [0.29, 0.717) is 0 Å². The fourth-order valence-electron chi connectivity index (χ4n) is 12.6. The third kappa shape index (κ3) is 8.55. The van der Waals surface area contributed by atoms with Gasteiger partial charge >= 0.3 is 0 Å². The van der Waals surface area contributed by atoms with Gasteiger partial charge in [-0.3, -0.25) is 0 Å². The summed E-state index contributed by atoms with van der Waals surface area (Å²) < 4.78 is 8.92. The molecule has 15 rings (SSSR count). The number of allylic oxidation sites excluding steroid dienone is 4. The predicted octanol–water partition coefficient (Wildman–Crippen LogP) is 22.4. The number of para-hydroxylation sites is 3. The van der Waals surface area contributed by atoms with Crippen LogP contribution < -0.4 is 9.80 Å². The van der Waals surface area contributed by atoms with Gasteiger partial charge in [0.1, 0.15) is 11.2 Å². The van der Waals surface area contributed by atoms with Crippen molar-refractivity contribution >= 4 is 104 Å². The number of benzene rings is 13. The van der Waals surface area contributed by atoms with Gasteiger partial charge in [0.05, 0.1) is 11.0 Å². The van der Waals surface area contributed by atoms with Crippen LogP contribution in [-0.4, -0.2) is 4.57 Å². The van der Waals surface area contributed by atoms with E-state index in [4.69, 9.17) is 4.42 Å². The Morgan fingerprint density at radius 1 is 0.373 bits per heavy atom. The van der Waals surface area contributed by atoms with E-state index in [9.17, 15) is 0 Å². The molecule has 0 atom stereocenters. The molecule has 0 bridgehead atoms. The molecule has 0 radical (unpaired) electrons. The Bertz CT molecular complexity index is 4990. The highest BCUT2D eigenvalue weighted by Crippen LogP contribution is 2.44. The lowest BCUT2D eigenvalue weighted by Crippen LogP contribution is -2.15. The number of fused-ring (bicyclic) bond motifs is 12. The Morgan fingerprint density at radius 2 is 0.867 bits per heavy atom. The summed E-state index contributed by atoms with van der Waals surface area (Å²) in [6, 6.07) is 101. The topological polar surface area (TPSA) is 24.6 Å². The molecule has 0 saturated heterocycles. The number of hydrogen-bond donors (Lipinski definition) is 0. The summed E-state index contributed by atoms with van der Waals surface area (Å²) in [5.74, 6) is 0. The van der Waals surface area contributed by atoms with Crippen molar-refractivity contribution in [3.63, 3.8) is 0 Å². The number of hydrogen-bond acceptors (Lipinski definition) is 3. The fourth-order valence-corrected chi connectivity index (χ4v) is 12.6. The van der Waals surface area contributed by atoms with Crippen molar-refractivity contribution in [1.29, 1.82) is 0 Å². The molecule has 0 unspecified atom stereocenters. The minimum absolute atomic E-state index is 0.892. The summed E-state index contributed by atoms with van der Waals surface area (Å²) in [4.78, 5) is 4.66. The molecule has 2 aromatic heterocycles. The van der Waals surface area contributed by atoms with Crippen molar-refractivity contribution in [2.75, 3.05) is 9.80 Å². The van der Waals surface area contributed by atoms with Crippen molar-refractivity contribution in [1.82, 2.24) is 4.57 Å². The first-order valence-corrected chi connectivity index (χ1v) is 28.4.